The molecule has 1 aromatic carbocycles. The highest BCUT2D eigenvalue weighted by molar-refractivity contribution is 9.10. The second-order valence-corrected chi connectivity index (χ2v) is 6.01. The van der Waals surface area contributed by atoms with Crippen molar-refractivity contribution in [2.45, 2.75) is 13.0 Å². The van der Waals surface area contributed by atoms with Crippen molar-refractivity contribution in [3.8, 4) is 0 Å². The molecule has 0 radical (unpaired) electrons. The number of halogens is 1. The topological polar surface area (TPSA) is 91.3 Å². The summed E-state index contributed by atoms with van der Waals surface area (Å²) >= 11 is 4.52. The zero-order valence-corrected chi connectivity index (χ0v) is 13.4. The fourth-order valence-corrected chi connectivity index (χ4v) is 2.78. The van der Waals surface area contributed by atoms with E-state index in [9.17, 15) is 9.59 Å². The van der Waals surface area contributed by atoms with Crippen molar-refractivity contribution < 1.29 is 14.7 Å². The maximum Gasteiger partial charge on any atom is 0.355 e. The van der Waals surface area contributed by atoms with Gasteiger partial charge < -0.3 is 15.7 Å². The maximum atomic E-state index is 11.9. The monoisotopic (exact) mass is 369 g/mol. The van der Waals surface area contributed by atoms with Gasteiger partial charge in [0.25, 0.3) is 0 Å². The molecule has 0 aliphatic carbocycles. The first-order valence-electron chi connectivity index (χ1n) is 5.97. The molecule has 0 spiro atoms. The molecule has 0 aliphatic rings. The van der Waals surface area contributed by atoms with Crippen molar-refractivity contribution >= 4 is 45.0 Å². The second-order valence-electron chi connectivity index (χ2n) is 4.21. The minimum atomic E-state index is -1.08. The molecule has 2 amide bonds. The van der Waals surface area contributed by atoms with Crippen molar-refractivity contribution in [3.05, 3.63) is 44.8 Å². The number of urea groups is 1. The number of benzene rings is 1. The molecule has 0 fully saturated rings. The fraction of sp³-hybridized carbons (Fsp3) is 0.154. The van der Waals surface area contributed by atoms with Crippen molar-refractivity contribution in [1.82, 2.24) is 10.3 Å². The predicted molar refractivity (Wildman–Crippen MR) is 83.8 cm³/mol. The van der Waals surface area contributed by atoms with Gasteiger partial charge >= 0.3 is 12.0 Å². The molecule has 1 aromatic heterocycles. The minimum Gasteiger partial charge on any atom is -0.476 e. The average Bonchev–Trinajstić information content (AvgIpc) is 2.88. The lowest BCUT2D eigenvalue weighted by atomic mass is 10.3. The molecule has 0 saturated heterocycles. The Balaban J connectivity index is 1.96. The van der Waals surface area contributed by atoms with Crippen LogP contribution in [0.25, 0.3) is 0 Å². The van der Waals surface area contributed by atoms with Crippen molar-refractivity contribution in [3.63, 3.8) is 0 Å². The number of hydrogen-bond donors (Lipinski definition) is 3. The molecule has 0 aliphatic heterocycles. The maximum absolute atomic E-state index is 11.9. The van der Waals surface area contributed by atoms with E-state index in [1.165, 1.54) is 16.7 Å². The summed E-state index contributed by atoms with van der Waals surface area (Å²) < 4.78 is 0.861. The Morgan fingerprint density at radius 2 is 2.19 bits per heavy atom. The second kappa shape index (κ2) is 6.68. The van der Waals surface area contributed by atoms with E-state index in [1.807, 2.05) is 12.1 Å². The van der Waals surface area contributed by atoms with E-state index in [-0.39, 0.29) is 17.8 Å². The number of carbonyl (C=O) groups is 2. The third kappa shape index (κ3) is 4.27. The summed E-state index contributed by atoms with van der Waals surface area (Å²) in [4.78, 5) is 26.6. The molecule has 8 heteroatoms. The highest BCUT2D eigenvalue weighted by Gasteiger charge is 2.15. The predicted octanol–water partition coefficient (Wildman–Crippen LogP) is 3.49. The van der Waals surface area contributed by atoms with Gasteiger partial charge in [0.1, 0.15) is 5.01 Å². The molecule has 2 rings (SSSR count). The molecule has 1 unspecified atom stereocenters. The molecular weight excluding hydrogens is 358 g/mol. The summed E-state index contributed by atoms with van der Waals surface area (Å²) in [5.74, 6) is -1.08. The summed E-state index contributed by atoms with van der Waals surface area (Å²) in [6.45, 7) is 1.74. The number of hydrogen-bond acceptors (Lipinski definition) is 4. The molecule has 3 N–H and O–H groups in total. The number of rotatable bonds is 4. The average molecular weight is 370 g/mol. The first kappa shape index (κ1) is 15.5. The molecule has 0 saturated carbocycles. The van der Waals surface area contributed by atoms with Crippen LogP contribution in [0.2, 0.25) is 0 Å². The van der Waals surface area contributed by atoms with Crippen LogP contribution in [0.15, 0.2) is 34.1 Å². The smallest absolute Gasteiger partial charge is 0.355 e. The van der Waals surface area contributed by atoms with Gasteiger partial charge in [0.05, 0.1) is 6.04 Å². The summed E-state index contributed by atoms with van der Waals surface area (Å²) in [6, 6.07) is 6.44. The third-order valence-electron chi connectivity index (χ3n) is 2.54. The molecule has 2 aromatic rings. The lowest BCUT2D eigenvalue weighted by Gasteiger charge is -2.12. The zero-order chi connectivity index (χ0) is 15.4. The van der Waals surface area contributed by atoms with E-state index >= 15 is 0 Å². The Bertz CT molecular complexity index is 674. The Morgan fingerprint density at radius 1 is 1.43 bits per heavy atom. The number of nitrogens with one attached hydrogen (secondary N) is 2. The number of thiazole rings is 1. The number of aromatic carboxylic acids is 1. The highest BCUT2D eigenvalue weighted by atomic mass is 79.9. The van der Waals surface area contributed by atoms with Gasteiger partial charge in [-0.2, -0.15) is 0 Å². The van der Waals surface area contributed by atoms with Crippen LogP contribution in [0, 0.1) is 0 Å². The summed E-state index contributed by atoms with van der Waals surface area (Å²) in [5.41, 5.74) is 0.635. The van der Waals surface area contributed by atoms with E-state index in [4.69, 9.17) is 5.11 Å². The fourth-order valence-electron chi connectivity index (χ4n) is 1.58. The molecule has 21 heavy (non-hydrogen) atoms. The van der Waals surface area contributed by atoms with E-state index in [0.717, 1.165) is 4.47 Å². The Morgan fingerprint density at radius 3 is 2.81 bits per heavy atom. The molecule has 110 valence electrons. The van der Waals surface area contributed by atoms with Gasteiger partial charge in [0.2, 0.25) is 0 Å². The van der Waals surface area contributed by atoms with Crippen LogP contribution >= 0.6 is 27.3 Å². The van der Waals surface area contributed by atoms with Gasteiger partial charge in [-0.15, -0.1) is 11.3 Å². The minimum absolute atomic E-state index is 0.0175. The van der Waals surface area contributed by atoms with E-state index < -0.39 is 5.97 Å². The summed E-state index contributed by atoms with van der Waals surface area (Å²) in [6.07, 6.45) is 0. The number of nitrogens with zero attached hydrogens (tertiary/aromatic N) is 1. The van der Waals surface area contributed by atoms with Crippen LogP contribution in [0.1, 0.15) is 28.5 Å². The highest BCUT2D eigenvalue weighted by Crippen LogP contribution is 2.19. The van der Waals surface area contributed by atoms with Crippen LogP contribution in [0.3, 0.4) is 0 Å². The number of anilines is 1. The largest absolute Gasteiger partial charge is 0.476 e. The van der Waals surface area contributed by atoms with Crippen LogP contribution in [0.4, 0.5) is 10.5 Å². The molecular formula is C13H12BrN3O3S. The van der Waals surface area contributed by atoms with Crippen molar-refractivity contribution in [2.75, 3.05) is 5.32 Å². The van der Waals surface area contributed by atoms with Crippen molar-refractivity contribution in [2.24, 2.45) is 0 Å². The number of carboxylic acids is 1. The van der Waals surface area contributed by atoms with Gasteiger partial charge in [-0.25, -0.2) is 14.6 Å². The van der Waals surface area contributed by atoms with Gasteiger partial charge in [-0.05, 0) is 25.1 Å². The Hall–Kier alpha value is -1.93. The standard InChI is InChI=1S/C13H12BrN3O3S/c1-7(11-17-10(6-21-11)12(18)19)15-13(20)16-9-4-2-3-8(14)5-9/h2-7H,1H3,(H,18,19)(H2,15,16,20). The zero-order valence-electron chi connectivity index (χ0n) is 11.0. The number of carbonyl (C=O) groups excluding carboxylic acids is 1. The Kier molecular flexibility index (Phi) is 4.92. The molecule has 1 atom stereocenters. The van der Waals surface area contributed by atoms with E-state index in [0.29, 0.717) is 10.7 Å². The summed E-state index contributed by atoms with van der Waals surface area (Å²) in [7, 11) is 0. The summed E-state index contributed by atoms with van der Waals surface area (Å²) in [5, 5.41) is 16.2. The molecule has 6 nitrogen and oxygen atoms in total. The van der Waals surface area contributed by atoms with Crippen LogP contribution in [0.5, 0.6) is 0 Å². The van der Waals surface area contributed by atoms with E-state index in [1.54, 1.807) is 19.1 Å². The van der Waals surface area contributed by atoms with Gasteiger partial charge in [0.15, 0.2) is 5.69 Å². The first-order valence-corrected chi connectivity index (χ1v) is 7.65. The third-order valence-corrected chi connectivity index (χ3v) is 4.06. The SMILES string of the molecule is CC(NC(=O)Nc1cccc(Br)c1)c1nc(C(=O)O)cs1. The Labute approximate surface area is 133 Å². The quantitative estimate of drug-likeness (QED) is 0.768. The van der Waals surface area contributed by atoms with Crippen LogP contribution < -0.4 is 10.6 Å². The van der Waals surface area contributed by atoms with Gasteiger partial charge in [-0.3, -0.25) is 0 Å². The first-order chi connectivity index (χ1) is 9.95. The van der Waals surface area contributed by atoms with Crippen LogP contribution in [-0.2, 0) is 0 Å². The lowest BCUT2D eigenvalue weighted by molar-refractivity contribution is 0.0691. The number of carboxylic acid groups (broad SMARTS) is 1. The number of amides is 2. The molecule has 1 heterocycles. The van der Waals surface area contributed by atoms with Gasteiger partial charge in [-0.1, -0.05) is 22.0 Å². The molecule has 0 bridgehead atoms. The lowest BCUT2D eigenvalue weighted by Crippen LogP contribution is -2.31. The van der Waals surface area contributed by atoms with Crippen LogP contribution in [-0.4, -0.2) is 22.1 Å². The van der Waals surface area contributed by atoms with Crippen molar-refractivity contribution in [1.29, 1.82) is 0 Å². The van der Waals surface area contributed by atoms with Gasteiger partial charge in [0, 0.05) is 15.5 Å². The normalized spacial score (nSPS) is 11.7. The van der Waals surface area contributed by atoms with E-state index in [2.05, 4.69) is 31.5 Å². The number of aromatic nitrogens is 1.